The van der Waals surface area contributed by atoms with Crippen molar-refractivity contribution in [1.82, 2.24) is 19.5 Å². The lowest BCUT2D eigenvalue weighted by Gasteiger charge is -2.16. The van der Waals surface area contributed by atoms with Crippen molar-refractivity contribution < 1.29 is 19.7 Å². The number of hydrogen-bond acceptors (Lipinski definition) is 8. The number of aromatic nitrogens is 4. The van der Waals surface area contributed by atoms with Gasteiger partial charge in [-0.05, 0) is 0 Å². The van der Waals surface area contributed by atoms with Gasteiger partial charge in [-0.25, -0.2) is 15.0 Å². The molecule has 1 fully saturated rings. The number of nitrogen functional groups attached to an aromatic ring is 1. The molecule has 0 radical (unpaired) electrons. The average molecular weight is 281 g/mol. The van der Waals surface area contributed by atoms with Gasteiger partial charge >= 0.3 is 0 Å². The third-order valence-corrected chi connectivity index (χ3v) is 3.33. The zero-order valence-corrected chi connectivity index (χ0v) is 10.7. The first-order valence-electron chi connectivity index (χ1n) is 6.07. The van der Waals surface area contributed by atoms with E-state index in [1.807, 2.05) is 0 Å². The van der Waals surface area contributed by atoms with Crippen molar-refractivity contribution >= 4 is 17.0 Å². The fourth-order valence-electron chi connectivity index (χ4n) is 2.32. The molecule has 9 heteroatoms. The van der Waals surface area contributed by atoms with Crippen LogP contribution in [0, 0.1) is 0 Å². The molecule has 0 aromatic carbocycles. The molecular weight excluding hydrogens is 266 g/mol. The second-order valence-electron chi connectivity index (χ2n) is 4.58. The summed E-state index contributed by atoms with van der Waals surface area (Å²) in [7, 11) is 1.50. The number of methoxy groups -OCH3 is 1. The summed E-state index contributed by atoms with van der Waals surface area (Å²) in [6, 6.07) is 0. The number of aliphatic hydroxyl groups is 2. The highest BCUT2D eigenvalue weighted by molar-refractivity contribution is 5.81. The molecule has 1 aliphatic rings. The summed E-state index contributed by atoms with van der Waals surface area (Å²) in [6.45, 7) is 0.179. The van der Waals surface area contributed by atoms with Gasteiger partial charge in [0.05, 0.1) is 12.9 Å². The van der Waals surface area contributed by atoms with Crippen LogP contribution in [-0.2, 0) is 9.47 Å². The Hall–Kier alpha value is -1.81. The van der Waals surface area contributed by atoms with E-state index in [9.17, 15) is 10.2 Å². The van der Waals surface area contributed by atoms with E-state index < -0.39 is 24.5 Å². The molecule has 108 valence electrons. The Morgan fingerprint density at radius 2 is 2.15 bits per heavy atom. The van der Waals surface area contributed by atoms with Gasteiger partial charge in [0, 0.05) is 7.11 Å². The summed E-state index contributed by atoms with van der Waals surface area (Å²) in [4.78, 5) is 12.0. The van der Waals surface area contributed by atoms with Gasteiger partial charge in [0.25, 0.3) is 0 Å². The Bertz CT molecular complexity index is 618. The molecule has 3 rings (SSSR count). The van der Waals surface area contributed by atoms with E-state index >= 15 is 0 Å². The molecule has 3 heterocycles. The highest BCUT2D eigenvalue weighted by Gasteiger charge is 2.44. The van der Waals surface area contributed by atoms with Crippen molar-refractivity contribution in [2.24, 2.45) is 0 Å². The lowest BCUT2D eigenvalue weighted by atomic mass is 10.1. The SMILES string of the molecule is COC[C@@H]1O[C@@H](n2cnc3c(N)ncnc32)[C@H](O)[C@@H]1O. The van der Waals surface area contributed by atoms with Gasteiger partial charge in [0.2, 0.25) is 0 Å². The summed E-state index contributed by atoms with van der Waals surface area (Å²) >= 11 is 0. The monoisotopic (exact) mass is 281 g/mol. The standard InChI is InChI=1S/C11H15N5O4/c1-19-2-5-7(17)8(18)11(20-5)16-4-15-6-9(12)13-3-14-10(6)16/h3-5,7-8,11,17-18H,2H2,1H3,(H2,12,13,14)/t5-,7+,8+,11+/m0/s1. The molecule has 0 bridgehead atoms. The Balaban J connectivity index is 1.97. The zero-order valence-electron chi connectivity index (χ0n) is 10.7. The largest absolute Gasteiger partial charge is 0.387 e. The van der Waals surface area contributed by atoms with Crippen LogP contribution in [0.25, 0.3) is 11.2 Å². The molecule has 2 aromatic rings. The molecule has 4 N–H and O–H groups in total. The van der Waals surface area contributed by atoms with E-state index in [4.69, 9.17) is 15.2 Å². The summed E-state index contributed by atoms with van der Waals surface area (Å²) in [5.41, 5.74) is 6.57. The molecule has 0 saturated carbocycles. The molecule has 0 amide bonds. The zero-order chi connectivity index (χ0) is 14.3. The first-order valence-corrected chi connectivity index (χ1v) is 6.07. The smallest absolute Gasteiger partial charge is 0.167 e. The normalized spacial score (nSPS) is 30.1. The minimum absolute atomic E-state index is 0.179. The first kappa shape index (κ1) is 13.2. The molecule has 0 unspecified atom stereocenters. The van der Waals surface area contributed by atoms with Gasteiger partial charge in [0.15, 0.2) is 17.7 Å². The molecule has 2 aromatic heterocycles. The molecular formula is C11H15N5O4. The van der Waals surface area contributed by atoms with Crippen molar-refractivity contribution in [3.05, 3.63) is 12.7 Å². The summed E-state index contributed by atoms with van der Waals surface area (Å²) in [5, 5.41) is 20.0. The van der Waals surface area contributed by atoms with E-state index in [1.165, 1.54) is 24.3 Å². The molecule has 1 aliphatic heterocycles. The number of fused-ring (bicyclic) bond motifs is 1. The van der Waals surface area contributed by atoms with Crippen LogP contribution in [0.4, 0.5) is 5.82 Å². The first-order chi connectivity index (χ1) is 9.63. The predicted molar refractivity (Wildman–Crippen MR) is 67.5 cm³/mol. The number of nitrogens with zero attached hydrogens (tertiary/aromatic N) is 4. The fraction of sp³-hybridized carbons (Fsp3) is 0.545. The quantitative estimate of drug-likeness (QED) is 0.631. The summed E-state index contributed by atoms with van der Waals surface area (Å²) in [5.74, 6) is 0.246. The van der Waals surface area contributed by atoms with E-state index in [1.54, 1.807) is 0 Å². The summed E-state index contributed by atoms with van der Waals surface area (Å²) < 4.78 is 12.1. The molecule has 4 atom stereocenters. The van der Waals surface area contributed by atoms with E-state index in [2.05, 4.69) is 15.0 Å². The second kappa shape index (κ2) is 4.94. The maximum Gasteiger partial charge on any atom is 0.167 e. The minimum atomic E-state index is -1.11. The number of ether oxygens (including phenoxy) is 2. The van der Waals surface area contributed by atoms with Crippen LogP contribution in [0.15, 0.2) is 12.7 Å². The number of nitrogens with two attached hydrogens (primary N) is 1. The molecule has 0 spiro atoms. The van der Waals surface area contributed by atoms with Crippen molar-refractivity contribution in [3.63, 3.8) is 0 Å². The Kier molecular flexibility index (Phi) is 3.26. The van der Waals surface area contributed by atoms with E-state index in [-0.39, 0.29) is 12.4 Å². The fourth-order valence-corrected chi connectivity index (χ4v) is 2.32. The predicted octanol–water partition coefficient (Wildman–Crippen LogP) is -1.33. The maximum absolute atomic E-state index is 10.1. The minimum Gasteiger partial charge on any atom is -0.387 e. The van der Waals surface area contributed by atoms with Gasteiger partial charge in [-0.3, -0.25) is 4.57 Å². The lowest BCUT2D eigenvalue weighted by molar-refractivity contribution is -0.0580. The number of aliphatic hydroxyl groups excluding tert-OH is 2. The number of anilines is 1. The number of hydrogen-bond donors (Lipinski definition) is 3. The van der Waals surface area contributed by atoms with E-state index in [0.717, 1.165) is 0 Å². The van der Waals surface area contributed by atoms with Gasteiger partial charge in [0.1, 0.15) is 30.2 Å². The van der Waals surface area contributed by atoms with Crippen molar-refractivity contribution in [2.75, 3.05) is 19.5 Å². The topological polar surface area (TPSA) is 129 Å². The van der Waals surface area contributed by atoms with Crippen LogP contribution < -0.4 is 5.73 Å². The van der Waals surface area contributed by atoms with Crippen LogP contribution in [0.5, 0.6) is 0 Å². The van der Waals surface area contributed by atoms with Crippen LogP contribution in [0.3, 0.4) is 0 Å². The molecule has 20 heavy (non-hydrogen) atoms. The molecule has 9 nitrogen and oxygen atoms in total. The maximum atomic E-state index is 10.1. The van der Waals surface area contributed by atoms with Gasteiger partial charge in [-0.2, -0.15) is 0 Å². The van der Waals surface area contributed by atoms with Crippen molar-refractivity contribution in [1.29, 1.82) is 0 Å². The Labute approximate surface area is 114 Å². The lowest BCUT2D eigenvalue weighted by Crippen LogP contribution is -2.33. The molecule has 1 saturated heterocycles. The van der Waals surface area contributed by atoms with Crippen LogP contribution in [0.1, 0.15) is 6.23 Å². The van der Waals surface area contributed by atoms with Crippen molar-refractivity contribution in [2.45, 2.75) is 24.5 Å². The third kappa shape index (κ3) is 1.91. The Morgan fingerprint density at radius 1 is 1.35 bits per heavy atom. The average Bonchev–Trinajstić information content (AvgIpc) is 2.97. The van der Waals surface area contributed by atoms with Crippen LogP contribution in [0.2, 0.25) is 0 Å². The highest BCUT2D eigenvalue weighted by Crippen LogP contribution is 2.31. The van der Waals surface area contributed by atoms with Crippen LogP contribution in [-0.4, -0.2) is 61.8 Å². The highest BCUT2D eigenvalue weighted by atomic mass is 16.6. The number of rotatable bonds is 3. The second-order valence-corrected chi connectivity index (χ2v) is 4.58. The van der Waals surface area contributed by atoms with Crippen LogP contribution >= 0.6 is 0 Å². The molecule has 0 aliphatic carbocycles. The third-order valence-electron chi connectivity index (χ3n) is 3.33. The Morgan fingerprint density at radius 3 is 2.90 bits per heavy atom. The van der Waals surface area contributed by atoms with Gasteiger partial charge in [-0.1, -0.05) is 0 Å². The number of imidazole rings is 1. The van der Waals surface area contributed by atoms with Gasteiger partial charge in [-0.15, -0.1) is 0 Å². The summed E-state index contributed by atoms with van der Waals surface area (Å²) in [6.07, 6.45) is -0.812. The van der Waals surface area contributed by atoms with E-state index in [0.29, 0.717) is 11.2 Å². The van der Waals surface area contributed by atoms with Gasteiger partial charge < -0.3 is 25.4 Å². The van der Waals surface area contributed by atoms with Crippen molar-refractivity contribution in [3.8, 4) is 0 Å².